The zero-order chi connectivity index (χ0) is 21.5. The van der Waals surface area contributed by atoms with Gasteiger partial charge < -0.3 is 0 Å². The molecule has 0 radical (unpaired) electrons. The summed E-state index contributed by atoms with van der Waals surface area (Å²) in [6.45, 7) is 6.24. The maximum atomic E-state index is 13.5. The van der Waals surface area contributed by atoms with Crippen LogP contribution in [0.3, 0.4) is 0 Å². The van der Waals surface area contributed by atoms with Crippen molar-refractivity contribution in [2.75, 3.05) is 0 Å². The van der Waals surface area contributed by atoms with Crippen LogP contribution in [0.15, 0.2) is 82.7 Å². The van der Waals surface area contributed by atoms with Gasteiger partial charge in [0.1, 0.15) is 0 Å². The second kappa shape index (κ2) is 7.71. The summed E-state index contributed by atoms with van der Waals surface area (Å²) in [6, 6.07) is 24.0. The molecule has 0 amide bonds. The van der Waals surface area contributed by atoms with Crippen molar-refractivity contribution < 1.29 is 0 Å². The number of aromatic nitrogens is 4. The van der Waals surface area contributed by atoms with Crippen LogP contribution in [0.2, 0.25) is 0 Å². The van der Waals surface area contributed by atoms with Crippen molar-refractivity contribution in [2.24, 2.45) is 0 Å². The van der Waals surface area contributed by atoms with Crippen LogP contribution >= 0.6 is 11.8 Å². The van der Waals surface area contributed by atoms with E-state index < -0.39 is 0 Å². The van der Waals surface area contributed by atoms with Gasteiger partial charge in [0.2, 0.25) is 5.78 Å². The van der Waals surface area contributed by atoms with Gasteiger partial charge in [-0.15, -0.1) is 10.2 Å². The number of aryl methyl sites for hydroxylation is 1. The highest BCUT2D eigenvalue weighted by atomic mass is 32.2. The Bertz CT molecular complexity index is 1470. The number of rotatable bonds is 4. The first-order valence-corrected chi connectivity index (χ1v) is 11.1. The van der Waals surface area contributed by atoms with Gasteiger partial charge in [-0.3, -0.25) is 9.20 Å². The summed E-state index contributed by atoms with van der Waals surface area (Å²) >= 11 is 1.64. The molecule has 0 saturated heterocycles. The van der Waals surface area contributed by atoms with Gasteiger partial charge in [0.15, 0.2) is 5.16 Å². The van der Waals surface area contributed by atoms with Gasteiger partial charge in [-0.05, 0) is 55.7 Å². The number of hydrogen-bond donors (Lipinski definition) is 0. The maximum Gasteiger partial charge on any atom is 0.267 e. The van der Waals surface area contributed by atoms with Crippen molar-refractivity contribution in [1.82, 2.24) is 19.2 Å². The molecule has 0 bridgehead atoms. The van der Waals surface area contributed by atoms with Gasteiger partial charge in [-0.1, -0.05) is 66.4 Å². The Morgan fingerprint density at radius 3 is 2.42 bits per heavy atom. The lowest BCUT2D eigenvalue weighted by molar-refractivity contribution is 0.919. The summed E-state index contributed by atoms with van der Waals surface area (Å²) in [7, 11) is 0. The molecular formula is C25H22N4OS. The first-order chi connectivity index (χ1) is 15.1. The van der Waals surface area contributed by atoms with E-state index in [1.165, 1.54) is 5.56 Å². The number of thioether (sulfide) groups is 1. The minimum absolute atomic E-state index is 0.0862. The molecule has 1 atom stereocenters. The number of hydrogen-bond acceptors (Lipinski definition) is 4. The first kappa shape index (κ1) is 19.6. The van der Waals surface area contributed by atoms with Gasteiger partial charge in [-0.25, -0.2) is 4.57 Å². The molecule has 5 aromatic rings. The lowest BCUT2D eigenvalue weighted by Crippen LogP contribution is -2.22. The fourth-order valence-corrected chi connectivity index (χ4v) is 4.88. The smallest absolute Gasteiger partial charge is 0.267 e. The Morgan fingerprint density at radius 2 is 1.61 bits per heavy atom. The summed E-state index contributed by atoms with van der Waals surface area (Å²) in [5, 5.41) is 10.6. The van der Waals surface area contributed by atoms with Crippen LogP contribution in [0.1, 0.15) is 28.9 Å². The fourth-order valence-electron chi connectivity index (χ4n) is 3.90. The van der Waals surface area contributed by atoms with Crippen molar-refractivity contribution in [3.8, 4) is 5.69 Å². The Hall–Kier alpha value is -3.38. The van der Waals surface area contributed by atoms with Crippen molar-refractivity contribution in [1.29, 1.82) is 0 Å². The number of fused-ring (bicyclic) bond motifs is 3. The lowest BCUT2D eigenvalue weighted by Gasteiger charge is -2.15. The largest absolute Gasteiger partial charge is 0.268 e. The van der Waals surface area contributed by atoms with Crippen LogP contribution in [0.25, 0.3) is 22.4 Å². The molecule has 5 nitrogen and oxygen atoms in total. The average Bonchev–Trinajstić information content (AvgIpc) is 3.20. The zero-order valence-corrected chi connectivity index (χ0v) is 18.4. The van der Waals surface area contributed by atoms with E-state index in [4.69, 9.17) is 0 Å². The van der Waals surface area contributed by atoms with Gasteiger partial charge in [0.05, 0.1) is 16.6 Å². The topological polar surface area (TPSA) is 52.2 Å². The summed E-state index contributed by atoms with van der Waals surface area (Å²) in [4.78, 5) is 13.5. The van der Waals surface area contributed by atoms with E-state index >= 15 is 0 Å². The van der Waals surface area contributed by atoms with E-state index in [9.17, 15) is 4.79 Å². The van der Waals surface area contributed by atoms with E-state index in [0.717, 1.165) is 27.5 Å². The second-order valence-electron chi connectivity index (χ2n) is 7.67. The molecule has 0 aliphatic carbocycles. The summed E-state index contributed by atoms with van der Waals surface area (Å²) in [5.41, 5.74) is 4.96. The highest BCUT2D eigenvalue weighted by molar-refractivity contribution is 7.99. The molecule has 2 aromatic heterocycles. The minimum atomic E-state index is -0.0862. The molecule has 3 aromatic carbocycles. The van der Waals surface area contributed by atoms with Gasteiger partial charge in [0.25, 0.3) is 5.56 Å². The van der Waals surface area contributed by atoms with Gasteiger partial charge in [0, 0.05) is 5.25 Å². The van der Waals surface area contributed by atoms with Crippen LogP contribution in [-0.4, -0.2) is 19.2 Å². The first-order valence-electron chi connectivity index (χ1n) is 10.2. The van der Waals surface area contributed by atoms with Crippen molar-refractivity contribution >= 4 is 28.4 Å². The predicted molar refractivity (Wildman–Crippen MR) is 126 cm³/mol. The van der Waals surface area contributed by atoms with E-state index in [2.05, 4.69) is 42.2 Å². The monoisotopic (exact) mass is 426 g/mol. The molecule has 0 aliphatic heterocycles. The maximum absolute atomic E-state index is 13.5. The molecule has 2 heterocycles. The van der Waals surface area contributed by atoms with Crippen LogP contribution in [0.4, 0.5) is 0 Å². The Labute approximate surface area is 184 Å². The molecule has 1 unspecified atom stereocenters. The summed E-state index contributed by atoms with van der Waals surface area (Å²) < 4.78 is 3.69. The molecule has 0 N–H and O–H groups in total. The molecule has 0 aliphatic rings. The molecule has 5 rings (SSSR count). The van der Waals surface area contributed by atoms with E-state index in [0.29, 0.717) is 11.2 Å². The van der Waals surface area contributed by atoms with E-state index in [-0.39, 0.29) is 10.8 Å². The average molecular weight is 427 g/mol. The van der Waals surface area contributed by atoms with Crippen LogP contribution in [-0.2, 0) is 0 Å². The van der Waals surface area contributed by atoms with Crippen LogP contribution in [0.5, 0.6) is 0 Å². The standard InChI is InChI=1S/C25H22N4OS/c1-16-10-9-15-21(17(16)2)28-23(30)20-13-7-8-14-22(20)29-24(28)26-27-25(29)31-18(3)19-11-5-4-6-12-19/h4-15,18H,1-3H3. The normalized spacial score (nSPS) is 12.5. The third-order valence-electron chi connectivity index (χ3n) is 5.76. The Balaban J connectivity index is 1.79. The zero-order valence-electron chi connectivity index (χ0n) is 17.6. The molecule has 6 heteroatoms. The highest BCUT2D eigenvalue weighted by Crippen LogP contribution is 2.35. The molecule has 154 valence electrons. The Kier molecular flexibility index (Phi) is 4.87. The Morgan fingerprint density at radius 1 is 0.871 bits per heavy atom. The number of benzene rings is 3. The lowest BCUT2D eigenvalue weighted by atomic mass is 10.1. The van der Waals surface area contributed by atoms with Gasteiger partial charge >= 0.3 is 0 Å². The molecule has 0 saturated carbocycles. The molecule has 0 spiro atoms. The van der Waals surface area contributed by atoms with Crippen molar-refractivity contribution in [3.63, 3.8) is 0 Å². The highest BCUT2D eigenvalue weighted by Gasteiger charge is 2.20. The molecular weight excluding hydrogens is 404 g/mol. The third-order valence-corrected chi connectivity index (χ3v) is 6.86. The predicted octanol–water partition coefficient (Wildman–Crippen LogP) is 5.50. The van der Waals surface area contributed by atoms with Crippen LogP contribution < -0.4 is 5.56 Å². The minimum Gasteiger partial charge on any atom is -0.268 e. The molecule has 0 fully saturated rings. The van der Waals surface area contributed by atoms with Crippen molar-refractivity contribution in [2.45, 2.75) is 31.2 Å². The SMILES string of the molecule is Cc1cccc(-n2c(=O)c3ccccc3n3c(SC(C)c4ccccc4)nnc23)c1C. The van der Waals surface area contributed by atoms with E-state index in [1.54, 1.807) is 16.3 Å². The van der Waals surface area contributed by atoms with E-state index in [1.807, 2.05) is 65.9 Å². The summed E-state index contributed by atoms with van der Waals surface area (Å²) in [6.07, 6.45) is 0. The van der Waals surface area contributed by atoms with Crippen LogP contribution in [0, 0.1) is 13.8 Å². The number of nitrogens with zero attached hydrogens (tertiary/aromatic N) is 4. The van der Waals surface area contributed by atoms with Gasteiger partial charge in [-0.2, -0.15) is 0 Å². The fraction of sp³-hybridized carbons (Fsp3) is 0.160. The second-order valence-corrected chi connectivity index (χ2v) is 8.97. The van der Waals surface area contributed by atoms with Crippen molar-refractivity contribution in [3.05, 3.63) is 99.8 Å². The quantitative estimate of drug-likeness (QED) is 0.356. The molecule has 31 heavy (non-hydrogen) atoms. The summed E-state index contributed by atoms with van der Waals surface area (Å²) in [5.74, 6) is 0.528. The number of para-hydroxylation sites is 1. The third kappa shape index (κ3) is 3.24.